The number of fused-ring (bicyclic) bond motifs is 1. The first kappa shape index (κ1) is 17.6. The van der Waals surface area contributed by atoms with Crippen molar-refractivity contribution in [3.8, 4) is 0 Å². The van der Waals surface area contributed by atoms with Crippen LogP contribution in [0.1, 0.15) is 10.4 Å². The number of halogens is 3. The second-order valence-corrected chi connectivity index (χ2v) is 5.96. The van der Waals surface area contributed by atoms with Crippen LogP contribution in [-0.2, 0) is 0 Å². The number of benzene rings is 1. The fourth-order valence-electron chi connectivity index (χ4n) is 3.05. The van der Waals surface area contributed by atoms with Crippen molar-refractivity contribution in [2.24, 2.45) is 0 Å². The van der Waals surface area contributed by atoms with Gasteiger partial charge in [0, 0.05) is 56.1 Å². The monoisotopic (exact) mass is 352 g/mol. The molecule has 1 aliphatic rings. The van der Waals surface area contributed by atoms with E-state index in [1.165, 1.54) is 4.90 Å². The number of hydrogen-bond donors (Lipinski definition) is 2. The highest BCUT2D eigenvalue weighted by Crippen LogP contribution is 2.25. The molecule has 5 nitrogen and oxygen atoms in total. The van der Waals surface area contributed by atoms with Crippen LogP contribution in [-0.4, -0.2) is 60.7 Å². The summed E-state index contributed by atoms with van der Waals surface area (Å²) in [6, 6.07) is 5.09. The zero-order chi connectivity index (χ0) is 17.9. The molecule has 0 aliphatic carbocycles. The molecule has 2 N–H and O–H groups in total. The summed E-state index contributed by atoms with van der Waals surface area (Å²) in [6.45, 7) is 1.16. The lowest BCUT2D eigenvalue weighted by atomic mass is 10.1. The van der Waals surface area contributed by atoms with Gasteiger partial charge in [0.2, 0.25) is 0 Å². The summed E-state index contributed by atoms with van der Waals surface area (Å²) in [4.78, 5) is 17.8. The van der Waals surface area contributed by atoms with E-state index in [0.29, 0.717) is 37.1 Å². The van der Waals surface area contributed by atoms with E-state index >= 15 is 0 Å². The van der Waals surface area contributed by atoms with Crippen molar-refractivity contribution in [3.63, 3.8) is 0 Å². The molecule has 3 rings (SSSR count). The summed E-state index contributed by atoms with van der Waals surface area (Å²) in [5, 5.41) is 6.92. The SMILES string of the molecule is O=C(NCC(N1CCNCC1)C(F)(F)F)c1cccc2cnccc12. The Kier molecular flexibility index (Phi) is 5.19. The van der Waals surface area contributed by atoms with E-state index in [-0.39, 0.29) is 0 Å². The first-order valence-corrected chi connectivity index (χ1v) is 8.09. The quantitative estimate of drug-likeness (QED) is 0.881. The first-order chi connectivity index (χ1) is 12.0. The summed E-state index contributed by atoms with van der Waals surface area (Å²) in [7, 11) is 0. The molecule has 0 saturated carbocycles. The van der Waals surface area contributed by atoms with Gasteiger partial charge in [0.05, 0.1) is 0 Å². The molecule has 2 aromatic rings. The van der Waals surface area contributed by atoms with Crippen molar-refractivity contribution in [3.05, 3.63) is 42.2 Å². The van der Waals surface area contributed by atoms with Crippen LogP contribution in [0.15, 0.2) is 36.7 Å². The highest BCUT2D eigenvalue weighted by Gasteiger charge is 2.43. The summed E-state index contributed by atoms with van der Waals surface area (Å²) < 4.78 is 40.2. The maximum Gasteiger partial charge on any atom is 0.405 e. The minimum atomic E-state index is -4.40. The summed E-state index contributed by atoms with van der Waals surface area (Å²) in [5.41, 5.74) is 0.348. The van der Waals surface area contributed by atoms with Crippen LogP contribution in [0, 0.1) is 0 Å². The fraction of sp³-hybridized carbons (Fsp3) is 0.412. The third-order valence-corrected chi connectivity index (χ3v) is 4.35. The Labute approximate surface area is 143 Å². The average molecular weight is 352 g/mol. The van der Waals surface area contributed by atoms with Gasteiger partial charge in [-0.25, -0.2) is 0 Å². The van der Waals surface area contributed by atoms with E-state index in [4.69, 9.17) is 0 Å². The molecule has 2 heterocycles. The molecule has 1 aliphatic heterocycles. The van der Waals surface area contributed by atoms with E-state index in [9.17, 15) is 18.0 Å². The van der Waals surface area contributed by atoms with Gasteiger partial charge in [-0.1, -0.05) is 12.1 Å². The number of nitrogens with one attached hydrogen (secondary N) is 2. The Hall–Kier alpha value is -2.19. The number of rotatable bonds is 4. The molecular formula is C17H19F3N4O. The van der Waals surface area contributed by atoms with Crippen molar-refractivity contribution in [1.29, 1.82) is 0 Å². The van der Waals surface area contributed by atoms with Crippen LogP contribution in [0.4, 0.5) is 13.2 Å². The zero-order valence-corrected chi connectivity index (χ0v) is 13.5. The Morgan fingerprint density at radius 3 is 2.76 bits per heavy atom. The van der Waals surface area contributed by atoms with Gasteiger partial charge in [-0.05, 0) is 17.5 Å². The van der Waals surface area contributed by atoms with Crippen LogP contribution < -0.4 is 10.6 Å². The van der Waals surface area contributed by atoms with Crippen LogP contribution in [0.3, 0.4) is 0 Å². The van der Waals surface area contributed by atoms with Gasteiger partial charge in [0.15, 0.2) is 0 Å². The summed E-state index contributed by atoms with van der Waals surface area (Å²) in [6.07, 6.45) is -1.23. The molecule has 25 heavy (non-hydrogen) atoms. The Morgan fingerprint density at radius 2 is 2.04 bits per heavy atom. The van der Waals surface area contributed by atoms with Crippen molar-refractivity contribution >= 4 is 16.7 Å². The number of hydrogen-bond acceptors (Lipinski definition) is 4. The number of piperazine rings is 1. The maximum absolute atomic E-state index is 13.4. The normalized spacial score (nSPS) is 17.4. The van der Waals surface area contributed by atoms with Crippen molar-refractivity contribution in [1.82, 2.24) is 20.5 Å². The van der Waals surface area contributed by atoms with Gasteiger partial charge in [0.25, 0.3) is 5.91 Å². The Balaban J connectivity index is 1.74. The van der Waals surface area contributed by atoms with Gasteiger partial charge in [-0.2, -0.15) is 13.2 Å². The number of amides is 1. The topological polar surface area (TPSA) is 57.3 Å². The average Bonchev–Trinajstić information content (AvgIpc) is 2.61. The highest BCUT2D eigenvalue weighted by atomic mass is 19.4. The molecule has 1 aromatic heterocycles. The van der Waals surface area contributed by atoms with Crippen LogP contribution in [0.2, 0.25) is 0 Å². The summed E-state index contributed by atoms with van der Waals surface area (Å²) >= 11 is 0. The number of pyridine rings is 1. The number of nitrogens with zero attached hydrogens (tertiary/aromatic N) is 2. The third kappa shape index (κ3) is 4.08. The van der Waals surface area contributed by atoms with Crippen LogP contribution >= 0.6 is 0 Å². The molecule has 1 atom stereocenters. The molecule has 0 radical (unpaired) electrons. The van der Waals surface area contributed by atoms with E-state index in [2.05, 4.69) is 15.6 Å². The van der Waals surface area contributed by atoms with Gasteiger partial charge in [-0.15, -0.1) is 0 Å². The van der Waals surface area contributed by atoms with Gasteiger partial charge in [-0.3, -0.25) is 14.7 Å². The second kappa shape index (κ2) is 7.37. The molecule has 1 unspecified atom stereocenters. The molecule has 8 heteroatoms. The van der Waals surface area contributed by atoms with Crippen molar-refractivity contribution in [2.45, 2.75) is 12.2 Å². The predicted octanol–water partition coefficient (Wildman–Crippen LogP) is 1.80. The smallest absolute Gasteiger partial charge is 0.350 e. The van der Waals surface area contributed by atoms with Gasteiger partial charge < -0.3 is 10.6 Å². The van der Waals surface area contributed by atoms with Crippen molar-refractivity contribution in [2.75, 3.05) is 32.7 Å². The number of alkyl halides is 3. The lowest BCUT2D eigenvalue weighted by Crippen LogP contribution is -2.57. The van der Waals surface area contributed by atoms with Crippen LogP contribution in [0.5, 0.6) is 0 Å². The zero-order valence-electron chi connectivity index (χ0n) is 13.5. The molecule has 1 saturated heterocycles. The van der Waals surface area contributed by atoms with E-state index < -0.39 is 24.7 Å². The molecule has 134 valence electrons. The number of aromatic nitrogens is 1. The minimum absolute atomic E-state index is 0.306. The molecule has 1 fully saturated rings. The molecule has 1 amide bonds. The predicted molar refractivity (Wildman–Crippen MR) is 88.4 cm³/mol. The molecule has 0 bridgehead atoms. The van der Waals surface area contributed by atoms with E-state index in [1.807, 2.05) is 0 Å². The van der Waals surface area contributed by atoms with E-state index in [0.717, 1.165) is 5.39 Å². The van der Waals surface area contributed by atoms with Gasteiger partial charge >= 0.3 is 6.18 Å². The first-order valence-electron chi connectivity index (χ1n) is 8.09. The van der Waals surface area contributed by atoms with E-state index in [1.54, 1.807) is 36.7 Å². The Morgan fingerprint density at radius 1 is 1.28 bits per heavy atom. The largest absolute Gasteiger partial charge is 0.405 e. The highest BCUT2D eigenvalue weighted by molar-refractivity contribution is 6.06. The van der Waals surface area contributed by atoms with Gasteiger partial charge in [0.1, 0.15) is 6.04 Å². The molecule has 0 spiro atoms. The number of carbonyl (C=O) groups excluding carboxylic acids is 1. The fourth-order valence-corrected chi connectivity index (χ4v) is 3.05. The minimum Gasteiger partial charge on any atom is -0.350 e. The lowest BCUT2D eigenvalue weighted by Gasteiger charge is -2.35. The van der Waals surface area contributed by atoms with Crippen molar-refractivity contribution < 1.29 is 18.0 Å². The standard InChI is InChI=1S/C17H19F3N4O/c18-17(19,20)15(24-8-6-21-7-9-24)11-23-16(25)14-3-1-2-12-10-22-5-4-13(12)14/h1-5,10,15,21H,6-9,11H2,(H,23,25). The Bertz CT molecular complexity index is 739. The third-order valence-electron chi connectivity index (χ3n) is 4.35. The molecular weight excluding hydrogens is 333 g/mol. The molecule has 1 aromatic carbocycles. The van der Waals surface area contributed by atoms with Crippen LogP contribution in [0.25, 0.3) is 10.8 Å². The maximum atomic E-state index is 13.4. The summed E-state index contributed by atoms with van der Waals surface area (Å²) in [5.74, 6) is -0.513. The lowest BCUT2D eigenvalue weighted by molar-refractivity contribution is -0.183. The number of carbonyl (C=O) groups is 1. The second-order valence-electron chi connectivity index (χ2n) is 5.96.